The van der Waals surface area contributed by atoms with Gasteiger partial charge in [-0.2, -0.15) is 0 Å². The van der Waals surface area contributed by atoms with E-state index >= 15 is 0 Å². The van der Waals surface area contributed by atoms with Crippen LogP contribution in [0.15, 0.2) is 11.3 Å². The average Bonchev–Trinajstić information content (AvgIpc) is 2.99. The highest BCUT2D eigenvalue weighted by Crippen LogP contribution is 2.40. The number of nitrogens with zero attached hydrogens (tertiary/aromatic N) is 1. The maximum absolute atomic E-state index is 12.7. The lowest BCUT2D eigenvalue weighted by atomic mass is 9.90. The van der Waals surface area contributed by atoms with Gasteiger partial charge in [-0.25, -0.2) is 4.79 Å². The summed E-state index contributed by atoms with van der Waals surface area (Å²) in [4.78, 5) is 36.4. The van der Waals surface area contributed by atoms with Gasteiger partial charge in [0.25, 0.3) is 0 Å². The maximum Gasteiger partial charge on any atom is 0.404 e. The number of ether oxygens (including phenoxy) is 2. The Kier molecular flexibility index (Phi) is 3.69. The molecule has 1 aromatic rings. The van der Waals surface area contributed by atoms with Crippen LogP contribution in [-0.4, -0.2) is 40.5 Å². The van der Waals surface area contributed by atoms with E-state index in [0.717, 1.165) is 0 Å². The number of carbonyl (C=O) groups excluding carboxylic acids is 3. The lowest BCUT2D eigenvalue weighted by Gasteiger charge is -2.18. The van der Waals surface area contributed by atoms with Crippen molar-refractivity contribution < 1.29 is 29.0 Å². The Balaban J connectivity index is 2.24. The lowest BCUT2D eigenvalue weighted by Crippen LogP contribution is -2.29. The third-order valence-corrected chi connectivity index (χ3v) is 4.38. The minimum absolute atomic E-state index is 0.0599. The van der Waals surface area contributed by atoms with Crippen molar-refractivity contribution in [1.82, 2.24) is 4.57 Å². The van der Waals surface area contributed by atoms with Crippen molar-refractivity contribution in [3.8, 4) is 0 Å². The van der Waals surface area contributed by atoms with E-state index in [0.29, 0.717) is 5.69 Å². The number of methoxy groups -OCH3 is 1. The zero-order valence-corrected chi connectivity index (χ0v) is 13.2. The number of ketones is 2. The van der Waals surface area contributed by atoms with Crippen molar-refractivity contribution in [3.63, 3.8) is 0 Å². The Bertz CT molecular complexity index is 807. The second-order valence-corrected chi connectivity index (χ2v) is 5.73. The Morgan fingerprint density at radius 2 is 2.04 bits per heavy atom. The van der Waals surface area contributed by atoms with Crippen LogP contribution in [0.1, 0.15) is 45.1 Å². The number of aromatic nitrogens is 1. The molecule has 9 nitrogen and oxygen atoms in total. The number of fused-ring (bicyclic) bond motifs is 3. The van der Waals surface area contributed by atoms with E-state index in [4.69, 9.17) is 20.9 Å². The molecule has 1 amide bonds. The molecule has 0 fully saturated rings. The van der Waals surface area contributed by atoms with Crippen molar-refractivity contribution in [2.45, 2.75) is 32.2 Å². The molecule has 128 valence electrons. The molecule has 0 bridgehead atoms. The summed E-state index contributed by atoms with van der Waals surface area (Å²) in [5.74, 6) is -0.972. The first-order chi connectivity index (χ1) is 11.3. The van der Waals surface area contributed by atoms with Crippen LogP contribution in [-0.2, 0) is 22.6 Å². The normalized spacial score (nSPS) is 22.5. The van der Waals surface area contributed by atoms with Gasteiger partial charge in [-0.15, -0.1) is 0 Å². The van der Waals surface area contributed by atoms with Crippen molar-refractivity contribution >= 4 is 17.7 Å². The zero-order valence-electron chi connectivity index (χ0n) is 13.2. The fourth-order valence-corrected chi connectivity index (χ4v) is 3.31. The molecule has 9 heteroatoms. The van der Waals surface area contributed by atoms with E-state index in [1.807, 2.05) is 0 Å². The summed E-state index contributed by atoms with van der Waals surface area (Å²) in [6.07, 6.45) is -2.12. The number of primary amides is 1. The van der Waals surface area contributed by atoms with Gasteiger partial charge in [-0.3, -0.25) is 9.59 Å². The van der Waals surface area contributed by atoms with Crippen molar-refractivity contribution in [1.29, 1.82) is 0 Å². The molecule has 5 N–H and O–H groups in total. The molecule has 0 aromatic carbocycles. The topological polar surface area (TPSA) is 147 Å². The third-order valence-electron chi connectivity index (χ3n) is 4.38. The number of nitrogens with two attached hydrogens (primary N) is 2. The number of aliphatic hydroxyl groups is 1. The number of amides is 1. The summed E-state index contributed by atoms with van der Waals surface area (Å²) in [5.41, 5.74) is 11.7. The van der Waals surface area contributed by atoms with E-state index in [1.165, 1.54) is 18.6 Å². The third kappa shape index (κ3) is 2.05. The molecule has 1 unspecified atom stereocenters. The van der Waals surface area contributed by atoms with Crippen LogP contribution < -0.4 is 11.5 Å². The largest absolute Gasteiger partial charge is 0.492 e. The summed E-state index contributed by atoms with van der Waals surface area (Å²) in [5, 5.41) is 10.3. The summed E-state index contributed by atoms with van der Waals surface area (Å²) < 4.78 is 11.4. The molecule has 0 saturated heterocycles. The van der Waals surface area contributed by atoms with E-state index in [2.05, 4.69) is 0 Å². The summed E-state index contributed by atoms with van der Waals surface area (Å²) in [7, 11) is 1.29. The smallest absolute Gasteiger partial charge is 0.404 e. The van der Waals surface area contributed by atoms with E-state index < -0.39 is 29.8 Å². The summed E-state index contributed by atoms with van der Waals surface area (Å²) >= 11 is 0. The summed E-state index contributed by atoms with van der Waals surface area (Å²) in [6, 6.07) is -0.631. The van der Waals surface area contributed by atoms with Crippen molar-refractivity contribution in [2.24, 2.45) is 11.5 Å². The van der Waals surface area contributed by atoms with Crippen LogP contribution in [0, 0.1) is 0 Å². The van der Waals surface area contributed by atoms with E-state index in [9.17, 15) is 19.5 Å². The molecule has 24 heavy (non-hydrogen) atoms. The molecule has 0 saturated carbocycles. The predicted molar refractivity (Wildman–Crippen MR) is 80.1 cm³/mol. The second-order valence-electron chi connectivity index (χ2n) is 5.73. The molecule has 3 rings (SSSR count). The minimum atomic E-state index is -1.09. The number of carbonyl (C=O) groups is 3. The first-order valence-electron chi connectivity index (χ1n) is 7.25. The Morgan fingerprint density at radius 1 is 1.38 bits per heavy atom. The Hall–Kier alpha value is -2.65. The SMILES string of the molecule is COC1=C(C)C(=O)c2c(c(COC(N)=O)c3n2C[C@H](N)C3O)C1=O. The van der Waals surface area contributed by atoms with Gasteiger partial charge in [0, 0.05) is 17.7 Å². The van der Waals surface area contributed by atoms with Gasteiger partial charge in [-0.1, -0.05) is 0 Å². The van der Waals surface area contributed by atoms with Crippen LogP contribution >= 0.6 is 0 Å². The quantitative estimate of drug-likeness (QED) is 0.690. The number of hydrogen-bond acceptors (Lipinski definition) is 7. The Labute approximate surface area is 136 Å². The van der Waals surface area contributed by atoms with Gasteiger partial charge in [0.2, 0.25) is 11.6 Å². The predicted octanol–water partition coefficient (Wildman–Crippen LogP) is -0.243. The number of hydrogen-bond donors (Lipinski definition) is 3. The van der Waals surface area contributed by atoms with Gasteiger partial charge in [-0.05, 0) is 6.92 Å². The fourth-order valence-electron chi connectivity index (χ4n) is 3.31. The first kappa shape index (κ1) is 16.2. The second kappa shape index (κ2) is 5.46. The fraction of sp³-hybridized carbons (Fsp3) is 0.400. The number of Topliss-reactive ketones (excluding diaryl/α,β-unsaturated/α-hetero) is 2. The van der Waals surface area contributed by atoms with E-state index in [-0.39, 0.29) is 41.3 Å². The molecule has 1 aromatic heterocycles. The molecule has 2 atom stereocenters. The molecule has 1 aliphatic heterocycles. The highest BCUT2D eigenvalue weighted by atomic mass is 16.5. The summed E-state index contributed by atoms with van der Waals surface area (Å²) in [6.45, 7) is 1.32. The number of aliphatic hydroxyl groups excluding tert-OH is 1. The van der Waals surface area contributed by atoms with Gasteiger partial charge < -0.3 is 30.6 Å². The minimum Gasteiger partial charge on any atom is -0.492 e. The van der Waals surface area contributed by atoms with Gasteiger partial charge in [0.05, 0.1) is 24.4 Å². The standard InChI is InChI=1S/C15H17N3O6/c1-5-11(19)10-8(13(21)14(5)23-2)6(4-24-15(17)22)9-12(20)7(16)3-18(9)10/h7,12,20H,3-4,16H2,1-2H3,(H2,17,22)/t7-,12?/m0/s1. The Morgan fingerprint density at radius 3 is 2.62 bits per heavy atom. The van der Waals surface area contributed by atoms with Crippen LogP contribution in [0.25, 0.3) is 0 Å². The highest BCUT2D eigenvalue weighted by molar-refractivity contribution is 6.26. The van der Waals surface area contributed by atoms with Crippen LogP contribution in [0.5, 0.6) is 0 Å². The van der Waals surface area contributed by atoms with Crippen molar-refractivity contribution in [2.75, 3.05) is 7.11 Å². The van der Waals surface area contributed by atoms with Gasteiger partial charge >= 0.3 is 6.09 Å². The van der Waals surface area contributed by atoms with Gasteiger partial charge in [0.15, 0.2) is 5.76 Å². The number of allylic oxidation sites excluding steroid dienone is 2. The van der Waals surface area contributed by atoms with Crippen LogP contribution in [0.4, 0.5) is 4.79 Å². The monoisotopic (exact) mass is 335 g/mol. The molecule has 2 heterocycles. The lowest BCUT2D eigenvalue weighted by molar-refractivity contribution is 0.0898. The molecule has 0 radical (unpaired) electrons. The molecule has 1 aliphatic carbocycles. The zero-order chi connectivity index (χ0) is 17.8. The number of rotatable bonds is 3. The van der Waals surface area contributed by atoms with Crippen LogP contribution in [0.2, 0.25) is 0 Å². The molecule has 2 aliphatic rings. The van der Waals surface area contributed by atoms with Crippen molar-refractivity contribution in [3.05, 3.63) is 33.8 Å². The maximum atomic E-state index is 12.7. The van der Waals surface area contributed by atoms with Crippen LogP contribution in [0.3, 0.4) is 0 Å². The first-order valence-corrected chi connectivity index (χ1v) is 7.25. The average molecular weight is 335 g/mol. The molecular weight excluding hydrogens is 318 g/mol. The van der Waals surface area contributed by atoms with E-state index in [1.54, 1.807) is 0 Å². The molecular formula is C15H17N3O6. The van der Waals surface area contributed by atoms with Gasteiger partial charge in [0.1, 0.15) is 18.4 Å². The molecule has 0 spiro atoms. The highest BCUT2D eigenvalue weighted by Gasteiger charge is 2.44.